The number of methoxy groups -OCH3 is 1. The van der Waals surface area contributed by atoms with Gasteiger partial charge >= 0.3 is 0 Å². The number of hydrogen-bond donors (Lipinski definition) is 1. The quantitative estimate of drug-likeness (QED) is 0.805. The third-order valence-corrected chi connectivity index (χ3v) is 2.20. The summed E-state index contributed by atoms with van der Waals surface area (Å²) in [5.74, 6) is 0.419. The summed E-state index contributed by atoms with van der Waals surface area (Å²) in [4.78, 5) is 12.1. The summed E-state index contributed by atoms with van der Waals surface area (Å²) in [5, 5.41) is 9.70. The van der Waals surface area contributed by atoms with E-state index in [0.717, 1.165) is 0 Å². The monoisotopic (exact) mass is 208 g/mol. The normalized spacial score (nSPS) is 13.0. The maximum atomic E-state index is 9.70. The Morgan fingerprint density at radius 3 is 2.93 bits per heavy atom. The highest BCUT2D eigenvalue weighted by atomic mass is 16.5. The summed E-state index contributed by atoms with van der Waals surface area (Å²) in [6, 6.07) is 0. The second kappa shape index (κ2) is 3.82. The fourth-order valence-corrected chi connectivity index (χ4v) is 1.39. The highest BCUT2D eigenvalue weighted by Gasteiger charge is 2.13. The standard InChI is InChI=1S/C9H12N4O2/c1-3-6(14)13-5-12-7-8(13)10-4-11-9(7)15-2/h4-6,14H,3H2,1-2H3. The van der Waals surface area contributed by atoms with Crippen molar-refractivity contribution in [3.8, 4) is 5.88 Å². The smallest absolute Gasteiger partial charge is 0.245 e. The van der Waals surface area contributed by atoms with Gasteiger partial charge < -0.3 is 9.84 Å². The van der Waals surface area contributed by atoms with Crippen molar-refractivity contribution in [2.24, 2.45) is 0 Å². The van der Waals surface area contributed by atoms with Crippen molar-refractivity contribution in [3.05, 3.63) is 12.7 Å². The molecule has 1 atom stereocenters. The minimum absolute atomic E-state index is 0.419. The van der Waals surface area contributed by atoms with E-state index in [1.807, 2.05) is 6.92 Å². The number of aliphatic hydroxyl groups excluding tert-OH is 1. The van der Waals surface area contributed by atoms with E-state index in [-0.39, 0.29) is 0 Å². The molecule has 0 aliphatic rings. The molecule has 0 amide bonds. The lowest BCUT2D eigenvalue weighted by Gasteiger charge is -2.09. The Kier molecular flexibility index (Phi) is 2.51. The highest BCUT2D eigenvalue weighted by Crippen LogP contribution is 2.21. The van der Waals surface area contributed by atoms with Crippen LogP contribution in [-0.4, -0.2) is 31.7 Å². The van der Waals surface area contributed by atoms with Crippen LogP contribution in [0.2, 0.25) is 0 Å². The van der Waals surface area contributed by atoms with Crippen LogP contribution >= 0.6 is 0 Å². The van der Waals surface area contributed by atoms with Gasteiger partial charge in [-0.15, -0.1) is 0 Å². The summed E-state index contributed by atoms with van der Waals surface area (Å²) in [6.07, 6.45) is 2.91. The molecule has 0 spiro atoms. The van der Waals surface area contributed by atoms with E-state index >= 15 is 0 Å². The van der Waals surface area contributed by atoms with Gasteiger partial charge in [-0.25, -0.2) is 9.97 Å². The van der Waals surface area contributed by atoms with Crippen LogP contribution < -0.4 is 4.74 Å². The topological polar surface area (TPSA) is 73.1 Å². The van der Waals surface area contributed by atoms with E-state index in [0.29, 0.717) is 23.5 Å². The van der Waals surface area contributed by atoms with E-state index in [9.17, 15) is 5.11 Å². The van der Waals surface area contributed by atoms with Gasteiger partial charge in [-0.05, 0) is 6.42 Å². The van der Waals surface area contributed by atoms with E-state index in [1.54, 1.807) is 4.57 Å². The van der Waals surface area contributed by atoms with Crippen molar-refractivity contribution in [1.82, 2.24) is 19.5 Å². The van der Waals surface area contributed by atoms with Crippen LogP contribution in [0.1, 0.15) is 19.6 Å². The first-order chi connectivity index (χ1) is 7.27. The van der Waals surface area contributed by atoms with Crippen LogP contribution in [0.4, 0.5) is 0 Å². The van der Waals surface area contributed by atoms with Gasteiger partial charge in [0.15, 0.2) is 11.2 Å². The molecular formula is C9H12N4O2. The van der Waals surface area contributed by atoms with Gasteiger partial charge in [0.05, 0.1) is 13.4 Å². The fourth-order valence-electron chi connectivity index (χ4n) is 1.39. The van der Waals surface area contributed by atoms with Gasteiger partial charge in [-0.1, -0.05) is 6.92 Å². The van der Waals surface area contributed by atoms with Crippen molar-refractivity contribution in [2.75, 3.05) is 7.11 Å². The molecule has 2 aromatic heterocycles. The average Bonchev–Trinajstić information content (AvgIpc) is 2.71. The van der Waals surface area contributed by atoms with Crippen molar-refractivity contribution >= 4 is 11.2 Å². The molecule has 1 N–H and O–H groups in total. The lowest BCUT2D eigenvalue weighted by Crippen LogP contribution is -2.06. The third-order valence-electron chi connectivity index (χ3n) is 2.20. The zero-order valence-corrected chi connectivity index (χ0v) is 8.58. The predicted molar refractivity (Wildman–Crippen MR) is 53.4 cm³/mol. The highest BCUT2D eigenvalue weighted by molar-refractivity contribution is 5.75. The van der Waals surface area contributed by atoms with Crippen LogP contribution in [0.25, 0.3) is 11.2 Å². The third kappa shape index (κ3) is 1.52. The summed E-state index contributed by atoms with van der Waals surface area (Å²) in [6.45, 7) is 1.88. The first-order valence-corrected chi connectivity index (χ1v) is 4.67. The molecule has 0 saturated heterocycles. The van der Waals surface area contributed by atoms with Crippen LogP contribution in [0.3, 0.4) is 0 Å². The molecule has 6 nitrogen and oxygen atoms in total. The molecule has 80 valence electrons. The molecule has 2 aromatic rings. The van der Waals surface area contributed by atoms with Gasteiger partial charge in [0.1, 0.15) is 12.6 Å². The molecule has 6 heteroatoms. The molecule has 1 unspecified atom stereocenters. The minimum Gasteiger partial charge on any atom is -0.479 e. The molecule has 0 aliphatic heterocycles. The number of ether oxygens (including phenoxy) is 1. The van der Waals surface area contributed by atoms with E-state index in [4.69, 9.17) is 4.74 Å². The Morgan fingerprint density at radius 1 is 1.47 bits per heavy atom. The number of nitrogens with zero attached hydrogens (tertiary/aromatic N) is 4. The van der Waals surface area contributed by atoms with Crippen molar-refractivity contribution in [2.45, 2.75) is 19.6 Å². The summed E-state index contributed by atoms with van der Waals surface area (Å²) < 4.78 is 6.64. The van der Waals surface area contributed by atoms with Crippen molar-refractivity contribution in [3.63, 3.8) is 0 Å². The number of rotatable bonds is 3. The second-order valence-electron chi connectivity index (χ2n) is 3.10. The van der Waals surface area contributed by atoms with Crippen molar-refractivity contribution < 1.29 is 9.84 Å². The molecule has 0 saturated carbocycles. The Hall–Kier alpha value is -1.69. The SMILES string of the molecule is CCC(O)n1cnc2c(OC)ncnc21. The average molecular weight is 208 g/mol. The van der Waals surface area contributed by atoms with Gasteiger partial charge in [0.25, 0.3) is 0 Å². The first-order valence-electron chi connectivity index (χ1n) is 4.67. The molecule has 0 bridgehead atoms. The van der Waals surface area contributed by atoms with E-state index in [1.165, 1.54) is 19.8 Å². The molecule has 15 heavy (non-hydrogen) atoms. The summed E-state index contributed by atoms with van der Waals surface area (Å²) in [7, 11) is 1.52. The maximum absolute atomic E-state index is 9.70. The Balaban J connectivity index is 2.60. The Labute approximate surface area is 86.6 Å². The predicted octanol–water partition coefficient (Wildman–Crippen LogP) is 0.736. The second-order valence-corrected chi connectivity index (χ2v) is 3.10. The molecular weight excluding hydrogens is 196 g/mol. The Morgan fingerprint density at radius 2 is 2.27 bits per heavy atom. The van der Waals surface area contributed by atoms with Gasteiger partial charge in [0, 0.05) is 0 Å². The largest absolute Gasteiger partial charge is 0.479 e. The molecule has 2 rings (SSSR count). The van der Waals surface area contributed by atoms with Crippen LogP contribution in [0, 0.1) is 0 Å². The van der Waals surface area contributed by atoms with Crippen LogP contribution in [0.5, 0.6) is 5.88 Å². The fraction of sp³-hybridized carbons (Fsp3) is 0.444. The van der Waals surface area contributed by atoms with Crippen LogP contribution in [-0.2, 0) is 0 Å². The molecule has 0 aromatic carbocycles. The summed E-state index contributed by atoms with van der Waals surface area (Å²) >= 11 is 0. The zero-order chi connectivity index (χ0) is 10.8. The number of aromatic nitrogens is 4. The van der Waals surface area contributed by atoms with Crippen LogP contribution in [0.15, 0.2) is 12.7 Å². The van der Waals surface area contributed by atoms with E-state index < -0.39 is 6.23 Å². The number of hydrogen-bond acceptors (Lipinski definition) is 5. The summed E-state index contributed by atoms with van der Waals surface area (Å²) in [5.41, 5.74) is 1.14. The molecule has 2 heterocycles. The molecule has 0 aliphatic carbocycles. The number of imidazole rings is 1. The molecule has 0 fully saturated rings. The lowest BCUT2D eigenvalue weighted by atomic mass is 10.4. The number of aliphatic hydroxyl groups is 1. The van der Waals surface area contributed by atoms with Gasteiger partial charge in [0.2, 0.25) is 5.88 Å². The number of fused-ring (bicyclic) bond motifs is 1. The first kappa shape index (κ1) is 9.85. The zero-order valence-electron chi connectivity index (χ0n) is 8.58. The van der Waals surface area contributed by atoms with Crippen molar-refractivity contribution in [1.29, 1.82) is 0 Å². The van der Waals surface area contributed by atoms with Gasteiger partial charge in [-0.2, -0.15) is 4.98 Å². The lowest BCUT2D eigenvalue weighted by molar-refractivity contribution is 0.103. The molecule has 0 radical (unpaired) electrons. The van der Waals surface area contributed by atoms with Gasteiger partial charge in [-0.3, -0.25) is 4.57 Å². The maximum Gasteiger partial charge on any atom is 0.245 e. The Bertz CT molecular complexity index is 468. The minimum atomic E-state index is -0.616. The van der Waals surface area contributed by atoms with E-state index in [2.05, 4.69) is 15.0 Å².